The number of halogens is 1. The van der Waals surface area contributed by atoms with Crippen LogP contribution >= 0.6 is 11.6 Å². The summed E-state index contributed by atoms with van der Waals surface area (Å²) in [5, 5.41) is 10.4. The van der Waals surface area contributed by atoms with E-state index < -0.39 is 0 Å². The van der Waals surface area contributed by atoms with Crippen molar-refractivity contribution in [2.24, 2.45) is 0 Å². The van der Waals surface area contributed by atoms with Gasteiger partial charge < -0.3 is 9.67 Å². The summed E-state index contributed by atoms with van der Waals surface area (Å²) in [6.45, 7) is 2.44. The summed E-state index contributed by atoms with van der Waals surface area (Å²) < 4.78 is 1.85. The second kappa shape index (κ2) is 5.27. The molecule has 0 atom stereocenters. The molecule has 0 unspecified atom stereocenters. The maximum Gasteiger partial charge on any atom is 0.223 e. The van der Waals surface area contributed by atoms with Gasteiger partial charge in [0.25, 0.3) is 0 Å². The number of nitrogens with zero attached hydrogens (tertiary/aromatic N) is 1. The molecule has 2 rings (SSSR count). The highest BCUT2D eigenvalue weighted by atomic mass is 35.5. The minimum absolute atomic E-state index is 0.174. The molecule has 0 spiro atoms. The molecule has 3 nitrogen and oxygen atoms in total. The fourth-order valence-electron chi connectivity index (χ4n) is 1.93. The van der Waals surface area contributed by atoms with Gasteiger partial charge >= 0.3 is 0 Å². The number of hydrogen-bond acceptors (Lipinski definition) is 2. The first-order chi connectivity index (χ1) is 8.63. The Morgan fingerprint density at radius 3 is 2.67 bits per heavy atom. The first kappa shape index (κ1) is 12.7. The van der Waals surface area contributed by atoms with Gasteiger partial charge in [-0.1, -0.05) is 36.7 Å². The number of pyridine rings is 1. The van der Waals surface area contributed by atoms with Crippen LogP contribution in [-0.4, -0.2) is 9.67 Å². The van der Waals surface area contributed by atoms with Crippen LogP contribution in [0.15, 0.2) is 41.3 Å². The Hall–Kier alpha value is -1.74. The first-order valence-corrected chi connectivity index (χ1v) is 6.16. The molecule has 1 aromatic carbocycles. The van der Waals surface area contributed by atoms with Crippen molar-refractivity contribution in [1.29, 1.82) is 0 Å². The van der Waals surface area contributed by atoms with E-state index in [9.17, 15) is 9.90 Å². The lowest BCUT2D eigenvalue weighted by atomic mass is 10.2. The summed E-state index contributed by atoms with van der Waals surface area (Å²) in [5.41, 5.74) is 1.24. The van der Waals surface area contributed by atoms with Crippen molar-refractivity contribution in [2.75, 3.05) is 0 Å². The van der Waals surface area contributed by atoms with Crippen LogP contribution in [0.2, 0.25) is 5.02 Å². The molecule has 4 heteroatoms. The molecule has 0 saturated heterocycles. The Morgan fingerprint density at radius 1 is 1.28 bits per heavy atom. The molecule has 0 aliphatic carbocycles. The quantitative estimate of drug-likeness (QED) is 0.925. The second-order valence-corrected chi connectivity index (χ2v) is 4.46. The van der Waals surface area contributed by atoms with E-state index in [1.54, 1.807) is 6.20 Å². The smallest absolute Gasteiger partial charge is 0.223 e. The summed E-state index contributed by atoms with van der Waals surface area (Å²) in [6.07, 6.45) is 2.27. The minimum Gasteiger partial charge on any atom is -0.503 e. The average Bonchev–Trinajstić information content (AvgIpc) is 2.37. The van der Waals surface area contributed by atoms with Crippen molar-refractivity contribution in [3.8, 4) is 5.75 Å². The summed E-state index contributed by atoms with van der Waals surface area (Å²) in [7, 11) is 0. The summed E-state index contributed by atoms with van der Waals surface area (Å²) in [6, 6.07) is 8.90. The van der Waals surface area contributed by atoms with E-state index in [1.165, 1.54) is 6.07 Å². The van der Waals surface area contributed by atoms with Crippen molar-refractivity contribution in [1.82, 2.24) is 4.57 Å². The van der Waals surface area contributed by atoms with Gasteiger partial charge in [0.1, 0.15) is 0 Å². The molecule has 0 fully saturated rings. The number of hydrogen-bond donors (Lipinski definition) is 1. The molecule has 2 aromatic rings. The van der Waals surface area contributed by atoms with E-state index in [1.807, 2.05) is 35.8 Å². The van der Waals surface area contributed by atoms with Crippen LogP contribution in [0.5, 0.6) is 5.75 Å². The number of aromatic hydroxyl groups is 1. The molecular weight excluding hydrogens is 250 g/mol. The lowest BCUT2D eigenvalue weighted by molar-refractivity contribution is 0.451. The van der Waals surface area contributed by atoms with E-state index >= 15 is 0 Å². The fourth-order valence-corrected chi connectivity index (χ4v) is 2.13. The molecular formula is C14H14ClNO2. The van der Waals surface area contributed by atoms with Crippen molar-refractivity contribution >= 4 is 11.6 Å². The summed E-state index contributed by atoms with van der Waals surface area (Å²) in [4.78, 5) is 11.4. The van der Waals surface area contributed by atoms with E-state index in [-0.39, 0.29) is 11.2 Å². The van der Waals surface area contributed by atoms with E-state index in [0.717, 1.165) is 5.56 Å². The van der Waals surface area contributed by atoms with Crippen molar-refractivity contribution in [3.05, 3.63) is 63.0 Å². The van der Waals surface area contributed by atoms with Crippen molar-refractivity contribution in [2.45, 2.75) is 19.9 Å². The molecule has 0 bridgehead atoms. The molecule has 1 N–H and O–H groups in total. The van der Waals surface area contributed by atoms with Gasteiger partial charge in [-0.2, -0.15) is 0 Å². The summed E-state index contributed by atoms with van der Waals surface area (Å²) in [5.74, 6) is -0.174. The molecule has 0 aliphatic rings. The zero-order valence-electron chi connectivity index (χ0n) is 10.1. The Labute approximate surface area is 110 Å². The number of benzene rings is 1. The van der Waals surface area contributed by atoms with Gasteiger partial charge in [0.15, 0.2) is 5.75 Å². The van der Waals surface area contributed by atoms with Gasteiger partial charge in [-0.15, -0.1) is 0 Å². The lowest BCUT2D eigenvalue weighted by Gasteiger charge is -2.14. The summed E-state index contributed by atoms with van der Waals surface area (Å²) >= 11 is 6.10. The second-order valence-electron chi connectivity index (χ2n) is 4.05. The minimum atomic E-state index is -0.345. The Kier molecular flexibility index (Phi) is 3.72. The molecule has 1 aromatic heterocycles. The molecule has 94 valence electrons. The standard InChI is InChI=1S/C14H14ClNO2/c1-2-12-14(18)13(17)7-8-16(12)9-10-5-3-4-6-11(10)15/h3-8,18H,2,9H2,1H3. The van der Waals surface area contributed by atoms with Gasteiger partial charge in [-0.05, 0) is 18.1 Å². The van der Waals surface area contributed by atoms with Gasteiger partial charge in [0.2, 0.25) is 5.43 Å². The number of rotatable bonds is 3. The largest absolute Gasteiger partial charge is 0.503 e. The monoisotopic (exact) mass is 263 g/mol. The lowest BCUT2D eigenvalue weighted by Crippen LogP contribution is -2.13. The predicted molar refractivity (Wildman–Crippen MR) is 72.3 cm³/mol. The first-order valence-electron chi connectivity index (χ1n) is 5.78. The maximum atomic E-state index is 11.4. The van der Waals surface area contributed by atoms with Crippen molar-refractivity contribution < 1.29 is 5.11 Å². The van der Waals surface area contributed by atoms with Crippen LogP contribution in [0, 0.1) is 0 Å². The zero-order valence-corrected chi connectivity index (χ0v) is 10.8. The maximum absolute atomic E-state index is 11.4. The zero-order chi connectivity index (χ0) is 13.1. The SMILES string of the molecule is CCc1c(O)c(=O)ccn1Cc1ccccc1Cl. The third-order valence-electron chi connectivity index (χ3n) is 2.89. The molecule has 0 saturated carbocycles. The predicted octanol–water partition coefficient (Wildman–Crippen LogP) is 2.82. The van der Waals surface area contributed by atoms with Crippen LogP contribution < -0.4 is 5.43 Å². The van der Waals surface area contributed by atoms with Crippen LogP contribution in [0.1, 0.15) is 18.2 Å². The Balaban J connectivity index is 2.44. The number of aromatic nitrogens is 1. The highest BCUT2D eigenvalue weighted by molar-refractivity contribution is 6.31. The Morgan fingerprint density at radius 2 is 2.00 bits per heavy atom. The third-order valence-corrected chi connectivity index (χ3v) is 3.26. The van der Waals surface area contributed by atoms with Gasteiger partial charge in [-0.3, -0.25) is 4.79 Å². The molecule has 1 heterocycles. The van der Waals surface area contributed by atoms with Crippen LogP contribution in [-0.2, 0) is 13.0 Å². The van der Waals surface area contributed by atoms with Gasteiger partial charge in [0.05, 0.1) is 5.69 Å². The van der Waals surface area contributed by atoms with Gasteiger partial charge in [-0.25, -0.2) is 0 Å². The van der Waals surface area contributed by atoms with E-state index in [4.69, 9.17) is 11.6 Å². The molecule has 0 aliphatic heterocycles. The van der Waals surface area contributed by atoms with E-state index in [2.05, 4.69) is 0 Å². The van der Waals surface area contributed by atoms with Crippen LogP contribution in [0.3, 0.4) is 0 Å². The van der Waals surface area contributed by atoms with Gasteiger partial charge in [0, 0.05) is 23.8 Å². The van der Waals surface area contributed by atoms with E-state index in [0.29, 0.717) is 23.7 Å². The fraction of sp³-hybridized carbons (Fsp3) is 0.214. The molecule has 0 radical (unpaired) electrons. The van der Waals surface area contributed by atoms with Crippen LogP contribution in [0.4, 0.5) is 0 Å². The highest BCUT2D eigenvalue weighted by Gasteiger charge is 2.09. The topological polar surface area (TPSA) is 42.2 Å². The molecule has 0 amide bonds. The van der Waals surface area contributed by atoms with Crippen LogP contribution in [0.25, 0.3) is 0 Å². The molecule has 18 heavy (non-hydrogen) atoms. The van der Waals surface area contributed by atoms with Crippen molar-refractivity contribution in [3.63, 3.8) is 0 Å². The Bertz CT molecular complexity index is 619. The third kappa shape index (κ3) is 2.41. The normalized spacial score (nSPS) is 10.6. The average molecular weight is 264 g/mol. The highest BCUT2D eigenvalue weighted by Crippen LogP contribution is 2.19.